The Morgan fingerprint density at radius 3 is 2.38 bits per heavy atom. The molecule has 1 heterocycles. The van der Waals surface area contributed by atoms with Crippen LogP contribution in [0.3, 0.4) is 0 Å². The molecule has 2 aliphatic rings. The molecule has 0 bridgehead atoms. The second-order valence-electron chi connectivity index (χ2n) is 5.39. The molecule has 1 saturated heterocycles. The summed E-state index contributed by atoms with van der Waals surface area (Å²) in [6.45, 7) is 7.95. The fraction of sp³-hybridized carbons (Fsp3) is 1.00. The van der Waals surface area contributed by atoms with E-state index in [1.165, 1.54) is 19.3 Å². The van der Waals surface area contributed by atoms with Gasteiger partial charge in [-0.05, 0) is 52.5 Å². The molecule has 76 valence electrons. The fourth-order valence-corrected chi connectivity index (χ4v) is 3.16. The molecule has 0 spiro atoms. The van der Waals surface area contributed by atoms with Crippen molar-refractivity contribution >= 4 is 0 Å². The van der Waals surface area contributed by atoms with Gasteiger partial charge in [0.25, 0.3) is 0 Å². The maximum Gasteiger partial charge on any atom is 0.0162 e. The molecule has 0 radical (unpaired) electrons. The van der Waals surface area contributed by atoms with Gasteiger partial charge < -0.3 is 5.73 Å². The van der Waals surface area contributed by atoms with E-state index in [9.17, 15) is 0 Å². The lowest BCUT2D eigenvalue weighted by Gasteiger charge is -2.34. The van der Waals surface area contributed by atoms with E-state index >= 15 is 0 Å². The largest absolute Gasteiger partial charge is 0.330 e. The first-order chi connectivity index (χ1) is 6.06. The predicted molar refractivity (Wildman–Crippen MR) is 55.6 cm³/mol. The molecule has 2 atom stereocenters. The fourth-order valence-electron chi connectivity index (χ4n) is 3.16. The molecule has 0 aromatic carbocycles. The van der Waals surface area contributed by atoms with Gasteiger partial charge in [0.1, 0.15) is 0 Å². The van der Waals surface area contributed by atoms with Crippen LogP contribution >= 0.6 is 0 Å². The molecule has 2 heteroatoms. The van der Waals surface area contributed by atoms with E-state index < -0.39 is 0 Å². The molecule has 1 aliphatic carbocycles. The Hall–Kier alpha value is -0.0800. The van der Waals surface area contributed by atoms with Gasteiger partial charge >= 0.3 is 0 Å². The Kier molecular flexibility index (Phi) is 2.16. The van der Waals surface area contributed by atoms with E-state index in [0.29, 0.717) is 11.6 Å². The predicted octanol–water partition coefficient (Wildman–Crippen LogP) is 1.60. The molecular formula is C11H22N2. The summed E-state index contributed by atoms with van der Waals surface area (Å²) < 4.78 is 0. The second kappa shape index (κ2) is 2.96. The molecule has 2 rings (SSSR count). The Bertz CT molecular complexity index is 196. The third-order valence-electron chi connectivity index (χ3n) is 3.82. The van der Waals surface area contributed by atoms with Crippen LogP contribution in [0.1, 0.15) is 40.0 Å². The summed E-state index contributed by atoms with van der Waals surface area (Å²) in [5.41, 5.74) is 6.19. The van der Waals surface area contributed by atoms with Crippen LogP contribution in [0.15, 0.2) is 0 Å². The summed E-state index contributed by atoms with van der Waals surface area (Å²) in [6, 6.07) is 1.58. The van der Waals surface area contributed by atoms with Crippen LogP contribution < -0.4 is 5.73 Å². The first-order valence-electron chi connectivity index (χ1n) is 5.55. The summed E-state index contributed by atoms with van der Waals surface area (Å²) >= 11 is 0. The summed E-state index contributed by atoms with van der Waals surface area (Å²) in [4.78, 5) is 2.71. The highest BCUT2D eigenvalue weighted by Crippen LogP contribution is 2.44. The van der Waals surface area contributed by atoms with Crippen molar-refractivity contribution < 1.29 is 0 Å². The Balaban J connectivity index is 2.13. The zero-order valence-corrected chi connectivity index (χ0v) is 9.09. The van der Waals surface area contributed by atoms with Crippen molar-refractivity contribution in [3.05, 3.63) is 0 Å². The highest BCUT2D eigenvalue weighted by Gasteiger charge is 2.49. The Morgan fingerprint density at radius 1 is 1.38 bits per heavy atom. The molecule has 0 aromatic rings. The van der Waals surface area contributed by atoms with E-state index in [1.54, 1.807) is 0 Å². The van der Waals surface area contributed by atoms with Crippen molar-refractivity contribution in [2.45, 2.75) is 57.7 Å². The molecular weight excluding hydrogens is 160 g/mol. The molecule has 2 unspecified atom stereocenters. The number of nitrogens with zero attached hydrogens (tertiary/aromatic N) is 1. The Labute approximate surface area is 81.5 Å². The van der Waals surface area contributed by atoms with Crippen molar-refractivity contribution in [1.29, 1.82) is 0 Å². The minimum atomic E-state index is 0.393. The van der Waals surface area contributed by atoms with Crippen molar-refractivity contribution in [2.24, 2.45) is 11.7 Å². The second-order valence-corrected chi connectivity index (χ2v) is 5.39. The third-order valence-corrected chi connectivity index (χ3v) is 3.82. The van der Waals surface area contributed by atoms with Gasteiger partial charge in [0.05, 0.1) is 0 Å². The van der Waals surface area contributed by atoms with E-state index in [1.807, 2.05) is 0 Å². The lowest BCUT2D eigenvalue weighted by molar-refractivity contribution is 0.123. The summed E-state index contributed by atoms with van der Waals surface area (Å²) in [5, 5.41) is 0. The van der Waals surface area contributed by atoms with Crippen LogP contribution in [0.25, 0.3) is 0 Å². The van der Waals surface area contributed by atoms with Crippen LogP contribution in [0.2, 0.25) is 0 Å². The van der Waals surface area contributed by atoms with Crippen molar-refractivity contribution in [2.75, 3.05) is 6.54 Å². The maximum absolute atomic E-state index is 5.80. The average Bonchev–Trinajstić information content (AvgIpc) is 2.80. The van der Waals surface area contributed by atoms with E-state index in [-0.39, 0.29) is 0 Å². The highest BCUT2D eigenvalue weighted by atomic mass is 15.3. The zero-order chi connectivity index (χ0) is 9.64. The van der Waals surface area contributed by atoms with Gasteiger partial charge in [-0.1, -0.05) is 0 Å². The molecule has 0 amide bonds. The molecule has 2 nitrogen and oxygen atoms in total. The quantitative estimate of drug-likeness (QED) is 0.703. The number of hydrogen-bond donors (Lipinski definition) is 1. The van der Waals surface area contributed by atoms with Crippen molar-refractivity contribution in [3.8, 4) is 0 Å². The third kappa shape index (κ3) is 1.50. The number of likely N-dealkylation sites (tertiary alicyclic amines) is 1. The van der Waals surface area contributed by atoms with Gasteiger partial charge in [0.15, 0.2) is 0 Å². The number of hydrogen-bond acceptors (Lipinski definition) is 2. The molecule has 13 heavy (non-hydrogen) atoms. The average molecular weight is 182 g/mol. The zero-order valence-electron chi connectivity index (χ0n) is 9.09. The first-order valence-corrected chi connectivity index (χ1v) is 5.55. The van der Waals surface area contributed by atoms with E-state index in [2.05, 4.69) is 25.7 Å². The van der Waals surface area contributed by atoms with E-state index in [4.69, 9.17) is 5.73 Å². The van der Waals surface area contributed by atoms with Gasteiger partial charge in [-0.15, -0.1) is 0 Å². The van der Waals surface area contributed by atoms with Gasteiger partial charge in [-0.3, -0.25) is 4.90 Å². The first kappa shape index (κ1) is 9.47. The summed E-state index contributed by atoms with van der Waals surface area (Å²) in [6.07, 6.45) is 4.09. The highest BCUT2D eigenvalue weighted by molar-refractivity contribution is 5.04. The van der Waals surface area contributed by atoms with Crippen LogP contribution in [-0.2, 0) is 0 Å². The van der Waals surface area contributed by atoms with Gasteiger partial charge in [-0.2, -0.15) is 0 Å². The summed E-state index contributed by atoms with van der Waals surface area (Å²) in [5.74, 6) is 0.718. The maximum atomic E-state index is 5.80. The van der Waals surface area contributed by atoms with Crippen LogP contribution in [0.5, 0.6) is 0 Å². The number of nitrogens with two attached hydrogens (primary N) is 1. The normalized spacial score (nSPS) is 39.7. The topological polar surface area (TPSA) is 29.3 Å². The molecule has 0 aromatic heterocycles. The van der Waals surface area contributed by atoms with Crippen LogP contribution in [0.4, 0.5) is 0 Å². The lowest BCUT2D eigenvalue weighted by Crippen LogP contribution is -2.44. The molecule has 1 saturated carbocycles. The smallest absolute Gasteiger partial charge is 0.0162 e. The SMILES string of the molecule is CC1C(CN)CC(C)(C)N1C1CC1. The summed E-state index contributed by atoms with van der Waals surface area (Å²) in [7, 11) is 0. The monoisotopic (exact) mass is 182 g/mol. The van der Waals surface area contributed by atoms with Gasteiger partial charge in [0, 0.05) is 17.6 Å². The standard InChI is InChI=1S/C11H22N2/c1-8-9(7-12)6-11(2,3)13(8)10-4-5-10/h8-10H,4-7,12H2,1-3H3. The molecule has 2 N–H and O–H groups in total. The lowest BCUT2D eigenvalue weighted by atomic mass is 9.95. The number of rotatable bonds is 2. The molecule has 2 fully saturated rings. The van der Waals surface area contributed by atoms with Crippen LogP contribution in [-0.4, -0.2) is 29.1 Å². The van der Waals surface area contributed by atoms with Crippen molar-refractivity contribution in [3.63, 3.8) is 0 Å². The van der Waals surface area contributed by atoms with E-state index in [0.717, 1.165) is 18.5 Å². The van der Waals surface area contributed by atoms with Gasteiger partial charge in [-0.25, -0.2) is 0 Å². The Morgan fingerprint density at radius 2 is 2.00 bits per heavy atom. The minimum Gasteiger partial charge on any atom is -0.330 e. The minimum absolute atomic E-state index is 0.393. The van der Waals surface area contributed by atoms with Crippen LogP contribution in [0, 0.1) is 5.92 Å². The molecule has 1 aliphatic heterocycles. The van der Waals surface area contributed by atoms with Crippen molar-refractivity contribution in [1.82, 2.24) is 4.90 Å². The van der Waals surface area contributed by atoms with Gasteiger partial charge in [0.2, 0.25) is 0 Å².